The van der Waals surface area contributed by atoms with Crippen molar-refractivity contribution in [2.75, 3.05) is 13.6 Å². The molecule has 0 spiro atoms. The van der Waals surface area contributed by atoms with Crippen LogP contribution in [0.4, 0.5) is 9.18 Å². The molecule has 1 heterocycles. The Morgan fingerprint density at radius 2 is 1.90 bits per heavy atom. The molecule has 1 aliphatic rings. The van der Waals surface area contributed by atoms with E-state index in [1.54, 1.807) is 25.2 Å². The maximum atomic E-state index is 14.3. The third-order valence-corrected chi connectivity index (χ3v) is 5.64. The Morgan fingerprint density at radius 3 is 2.68 bits per heavy atom. The highest BCUT2D eigenvalue weighted by Gasteiger charge is 2.29. The van der Waals surface area contributed by atoms with Gasteiger partial charge in [-0.3, -0.25) is 0 Å². The number of rotatable bonds is 5. The Kier molecular flexibility index (Phi) is 6.35. The normalized spacial score (nSPS) is 14.6. The number of ether oxygens (including phenoxy) is 2. The zero-order valence-electron chi connectivity index (χ0n) is 16.8. The van der Waals surface area contributed by atoms with Crippen molar-refractivity contribution in [2.24, 2.45) is 0 Å². The van der Waals surface area contributed by atoms with Crippen LogP contribution in [0.2, 0.25) is 10.0 Å². The predicted molar refractivity (Wildman–Crippen MR) is 119 cm³/mol. The van der Waals surface area contributed by atoms with Crippen molar-refractivity contribution in [2.45, 2.75) is 19.1 Å². The third-order valence-electron chi connectivity index (χ3n) is 5.08. The van der Waals surface area contributed by atoms with E-state index in [4.69, 9.17) is 32.7 Å². The predicted octanol–water partition coefficient (Wildman–Crippen LogP) is 6.37. The molecule has 0 saturated carbocycles. The molecule has 0 aliphatic carbocycles. The number of likely N-dealkylation sites (N-methyl/N-ethyl adjacent to an activating group) is 1. The Morgan fingerprint density at radius 1 is 1.13 bits per heavy atom. The number of carbonyl (C=O) groups excluding carboxylic acids is 1. The monoisotopic (exact) mass is 459 g/mol. The van der Waals surface area contributed by atoms with E-state index in [-0.39, 0.29) is 18.5 Å². The molecule has 0 aromatic heterocycles. The first-order valence-electron chi connectivity index (χ1n) is 9.77. The second kappa shape index (κ2) is 9.16. The van der Waals surface area contributed by atoms with E-state index in [1.807, 2.05) is 30.3 Å². The van der Waals surface area contributed by atoms with Gasteiger partial charge in [0.15, 0.2) is 0 Å². The van der Waals surface area contributed by atoms with E-state index in [1.165, 1.54) is 17.0 Å². The number of nitrogens with zero attached hydrogens (tertiary/aromatic N) is 1. The molecule has 4 nitrogen and oxygen atoms in total. The SMILES string of the molecule is CN(CC1Cc2cc(F)cc(-c3cc(Cl)ccc3Cl)c2O1)C(=O)OCc1ccccc1. The Bertz CT molecular complexity index is 1110. The summed E-state index contributed by atoms with van der Waals surface area (Å²) < 4.78 is 25.8. The number of amides is 1. The molecule has 4 rings (SSSR count). The van der Waals surface area contributed by atoms with Crippen LogP contribution in [0.3, 0.4) is 0 Å². The number of hydrogen-bond donors (Lipinski definition) is 0. The number of hydrogen-bond acceptors (Lipinski definition) is 3. The fourth-order valence-electron chi connectivity index (χ4n) is 3.61. The average molecular weight is 460 g/mol. The summed E-state index contributed by atoms with van der Waals surface area (Å²) >= 11 is 12.4. The smallest absolute Gasteiger partial charge is 0.409 e. The molecule has 1 unspecified atom stereocenters. The lowest BCUT2D eigenvalue weighted by atomic mass is 10.00. The van der Waals surface area contributed by atoms with Crippen LogP contribution in [-0.2, 0) is 17.8 Å². The lowest BCUT2D eigenvalue weighted by Crippen LogP contribution is -2.36. The van der Waals surface area contributed by atoms with Crippen molar-refractivity contribution in [3.63, 3.8) is 0 Å². The van der Waals surface area contributed by atoms with Gasteiger partial charge in [-0.05, 0) is 35.9 Å². The largest absolute Gasteiger partial charge is 0.487 e. The van der Waals surface area contributed by atoms with Gasteiger partial charge in [-0.1, -0.05) is 53.5 Å². The highest BCUT2D eigenvalue weighted by atomic mass is 35.5. The average Bonchev–Trinajstić information content (AvgIpc) is 3.15. The molecule has 0 bridgehead atoms. The van der Waals surface area contributed by atoms with Crippen LogP contribution in [0.5, 0.6) is 5.75 Å². The second-order valence-corrected chi connectivity index (χ2v) is 8.27. The van der Waals surface area contributed by atoms with Crippen molar-refractivity contribution in [3.8, 4) is 16.9 Å². The van der Waals surface area contributed by atoms with Gasteiger partial charge in [0, 0.05) is 40.2 Å². The summed E-state index contributed by atoms with van der Waals surface area (Å²) in [5, 5.41) is 0.943. The van der Waals surface area contributed by atoms with Crippen LogP contribution in [0.25, 0.3) is 11.1 Å². The summed E-state index contributed by atoms with van der Waals surface area (Å²) in [7, 11) is 1.65. The lowest BCUT2D eigenvalue weighted by molar-refractivity contribution is 0.0895. The van der Waals surface area contributed by atoms with Gasteiger partial charge in [0.1, 0.15) is 24.3 Å². The first kappa shape index (κ1) is 21.5. The van der Waals surface area contributed by atoms with Gasteiger partial charge < -0.3 is 14.4 Å². The van der Waals surface area contributed by atoms with E-state index >= 15 is 0 Å². The molecule has 0 saturated heterocycles. The summed E-state index contributed by atoms with van der Waals surface area (Å²) in [6, 6.07) is 17.3. The molecule has 7 heteroatoms. The van der Waals surface area contributed by atoms with Gasteiger partial charge in [0.2, 0.25) is 0 Å². The topological polar surface area (TPSA) is 38.8 Å². The zero-order chi connectivity index (χ0) is 22.0. The van der Waals surface area contributed by atoms with Crippen molar-refractivity contribution >= 4 is 29.3 Å². The summed E-state index contributed by atoms with van der Waals surface area (Å²) in [5.74, 6) is 0.172. The van der Waals surface area contributed by atoms with Gasteiger partial charge in [0.25, 0.3) is 0 Å². The van der Waals surface area contributed by atoms with Gasteiger partial charge in [-0.25, -0.2) is 9.18 Å². The fourth-order valence-corrected chi connectivity index (χ4v) is 4.00. The van der Waals surface area contributed by atoms with Crippen LogP contribution in [0, 0.1) is 5.82 Å². The maximum Gasteiger partial charge on any atom is 0.409 e. The first-order chi connectivity index (χ1) is 14.9. The number of benzene rings is 3. The molecule has 0 fully saturated rings. The molecule has 3 aromatic rings. The van der Waals surface area contributed by atoms with Gasteiger partial charge >= 0.3 is 6.09 Å². The van der Waals surface area contributed by atoms with Crippen molar-refractivity contribution in [1.29, 1.82) is 0 Å². The summed E-state index contributed by atoms with van der Waals surface area (Å²) in [6.45, 7) is 0.491. The zero-order valence-corrected chi connectivity index (χ0v) is 18.3. The van der Waals surface area contributed by atoms with Crippen LogP contribution >= 0.6 is 23.2 Å². The molecular weight excluding hydrogens is 440 g/mol. The minimum absolute atomic E-state index is 0.193. The van der Waals surface area contributed by atoms with Crippen molar-refractivity contribution in [1.82, 2.24) is 4.90 Å². The Balaban J connectivity index is 1.46. The second-order valence-electron chi connectivity index (χ2n) is 7.43. The maximum absolute atomic E-state index is 14.3. The van der Waals surface area contributed by atoms with Crippen LogP contribution in [0.1, 0.15) is 11.1 Å². The van der Waals surface area contributed by atoms with E-state index in [9.17, 15) is 9.18 Å². The highest BCUT2D eigenvalue weighted by molar-refractivity contribution is 6.35. The van der Waals surface area contributed by atoms with Crippen molar-refractivity contribution < 1.29 is 18.7 Å². The highest BCUT2D eigenvalue weighted by Crippen LogP contribution is 2.42. The van der Waals surface area contributed by atoms with Gasteiger partial charge in [0.05, 0.1) is 6.54 Å². The van der Waals surface area contributed by atoms with Crippen LogP contribution in [-0.4, -0.2) is 30.7 Å². The summed E-state index contributed by atoms with van der Waals surface area (Å²) in [6.07, 6.45) is -0.315. The van der Waals surface area contributed by atoms with Gasteiger partial charge in [-0.2, -0.15) is 0 Å². The van der Waals surface area contributed by atoms with E-state index in [0.29, 0.717) is 39.9 Å². The van der Waals surface area contributed by atoms with E-state index in [0.717, 1.165) is 11.1 Å². The summed E-state index contributed by atoms with van der Waals surface area (Å²) in [4.78, 5) is 13.8. The molecule has 1 atom stereocenters. The molecule has 1 aliphatic heterocycles. The summed E-state index contributed by atoms with van der Waals surface area (Å²) in [5.41, 5.74) is 2.77. The lowest BCUT2D eigenvalue weighted by Gasteiger charge is -2.21. The van der Waals surface area contributed by atoms with Crippen molar-refractivity contribution in [3.05, 3.63) is 87.7 Å². The number of halogens is 3. The quantitative estimate of drug-likeness (QED) is 0.444. The Hall–Kier alpha value is -2.76. The van der Waals surface area contributed by atoms with E-state index in [2.05, 4.69) is 0 Å². The number of carbonyl (C=O) groups is 1. The molecule has 3 aromatic carbocycles. The molecule has 160 valence electrons. The van der Waals surface area contributed by atoms with Gasteiger partial charge in [-0.15, -0.1) is 0 Å². The molecule has 0 N–H and O–H groups in total. The Labute approximate surface area is 190 Å². The van der Waals surface area contributed by atoms with Crippen LogP contribution in [0.15, 0.2) is 60.7 Å². The molecule has 1 amide bonds. The van der Waals surface area contributed by atoms with E-state index < -0.39 is 6.09 Å². The third kappa shape index (κ3) is 4.94. The first-order valence-corrected chi connectivity index (χ1v) is 10.5. The fraction of sp³-hybridized carbons (Fsp3) is 0.208. The standard InChI is InChI=1S/C24H20Cl2FNO3/c1-28(24(29)30-14-15-5-3-2-4-6-15)13-19-10-16-9-18(27)12-21(23(16)31-19)20-11-17(25)7-8-22(20)26/h2-9,11-12,19H,10,13-14H2,1H3. The minimum atomic E-state index is -0.451. The van der Waals surface area contributed by atoms with Crippen LogP contribution < -0.4 is 4.74 Å². The molecule has 0 radical (unpaired) electrons. The molecular formula is C24H20Cl2FNO3. The minimum Gasteiger partial charge on any atom is -0.487 e. The molecule has 31 heavy (non-hydrogen) atoms. The number of fused-ring (bicyclic) bond motifs is 1.